The van der Waals surface area contributed by atoms with Crippen molar-refractivity contribution < 1.29 is 9.53 Å². The molecule has 2 unspecified atom stereocenters. The third kappa shape index (κ3) is 4.46. The van der Waals surface area contributed by atoms with E-state index in [1.165, 1.54) is 0 Å². The number of pyridine rings is 1. The molecule has 26 heavy (non-hydrogen) atoms. The van der Waals surface area contributed by atoms with Gasteiger partial charge >= 0.3 is 0 Å². The van der Waals surface area contributed by atoms with E-state index in [-0.39, 0.29) is 42.7 Å². The lowest BCUT2D eigenvalue weighted by Gasteiger charge is -2.33. The zero-order valence-corrected chi connectivity index (χ0v) is 16.2. The first-order chi connectivity index (χ1) is 11.8. The number of rotatable bonds is 3. The number of aromatic nitrogens is 3. The predicted octanol–water partition coefficient (Wildman–Crippen LogP) is 1.66. The number of likely N-dealkylation sites (tertiary alicyclic amines) is 1. The fourth-order valence-electron chi connectivity index (χ4n) is 3.64. The lowest BCUT2D eigenvalue weighted by molar-refractivity contribution is -0.133. The Labute approximate surface area is 165 Å². The molecule has 1 N–H and O–H groups in total. The van der Waals surface area contributed by atoms with Crippen molar-refractivity contribution in [1.29, 1.82) is 0 Å². The Morgan fingerprint density at radius 3 is 3.00 bits per heavy atom. The number of halogens is 2. The van der Waals surface area contributed by atoms with Crippen molar-refractivity contribution in [3.05, 3.63) is 30.2 Å². The van der Waals surface area contributed by atoms with Gasteiger partial charge in [0.2, 0.25) is 5.91 Å². The van der Waals surface area contributed by atoms with Gasteiger partial charge in [-0.15, -0.1) is 35.0 Å². The molecule has 2 aliphatic heterocycles. The summed E-state index contributed by atoms with van der Waals surface area (Å²) < 4.78 is 7.48. The van der Waals surface area contributed by atoms with Gasteiger partial charge in [-0.25, -0.2) is 0 Å². The molecule has 2 aromatic rings. The summed E-state index contributed by atoms with van der Waals surface area (Å²) in [5.74, 6) is 1.41. The molecule has 0 aromatic carbocycles. The molecule has 0 saturated carbocycles. The predicted molar refractivity (Wildman–Crippen MR) is 103 cm³/mol. The Morgan fingerprint density at radius 1 is 1.31 bits per heavy atom. The maximum Gasteiger partial charge on any atom is 0.224 e. The third-order valence-corrected chi connectivity index (χ3v) is 4.90. The van der Waals surface area contributed by atoms with Gasteiger partial charge in [-0.05, 0) is 25.0 Å². The zero-order chi connectivity index (χ0) is 16.4. The van der Waals surface area contributed by atoms with Crippen molar-refractivity contribution in [2.24, 2.45) is 0 Å². The van der Waals surface area contributed by atoms with Gasteiger partial charge in [-0.2, -0.15) is 0 Å². The summed E-state index contributed by atoms with van der Waals surface area (Å²) >= 11 is 0. The number of carbonyl (C=O) groups excluding carboxylic acids is 1. The van der Waals surface area contributed by atoms with Crippen LogP contribution in [0.3, 0.4) is 0 Å². The number of morpholine rings is 1. The topological polar surface area (TPSA) is 71.8 Å². The van der Waals surface area contributed by atoms with Gasteiger partial charge in [0.15, 0.2) is 5.65 Å². The maximum atomic E-state index is 12.6. The summed E-state index contributed by atoms with van der Waals surface area (Å²) in [5.41, 5.74) is 0.861. The summed E-state index contributed by atoms with van der Waals surface area (Å²) in [6.45, 7) is 3.74. The number of piperidine rings is 1. The number of hydrogen-bond donors (Lipinski definition) is 1. The minimum absolute atomic E-state index is 0. The smallest absolute Gasteiger partial charge is 0.224 e. The Hall–Kier alpha value is -1.41. The second-order valence-electron chi connectivity index (χ2n) is 6.60. The second-order valence-corrected chi connectivity index (χ2v) is 6.60. The Morgan fingerprint density at radius 2 is 2.19 bits per heavy atom. The molecule has 4 heterocycles. The van der Waals surface area contributed by atoms with Gasteiger partial charge in [0.1, 0.15) is 5.82 Å². The van der Waals surface area contributed by atoms with Gasteiger partial charge in [-0.3, -0.25) is 9.20 Å². The first-order valence-electron chi connectivity index (χ1n) is 8.70. The molecule has 9 heteroatoms. The van der Waals surface area contributed by atoms with E-state index >= 15 is 0 Å². The van der Waals surface area contributed by atoms with Crippen LogP contribution in [0.25, 0.3) is 5.65 Å². The highest BCUT2D eigenvalue weighted by Crippen LogP contribution is 2.26. The van der Waals surface area contributed by atoms with Gasteiger partial charge in [-0.1, -0.05) is 6.07 Å². The van der Waals surface area contributed by atoms with Crippen LogP contribution in [0, 0.1) is 0 Å². The Balaban J connectivity index is 0.00000121. The monoisotopic (exact) mass is 401 g/mol. The van der Waals surface area contributed by atoms with Crippen molar-refractivity contribution in [1.82, 2.24) is 24.8 Å². The summed E-state index contributed by atoms with van der Waals surface area (Å²) in [4.78, 5) is 14.6. The lowest BCUT2D eigenvalue weighted by atomic mass is 9.96. The molecule has 0 bridgehead atoms. The molecule has 4 rings (SSSR count). The van der Waals surface area contributed by atoms with E-state index in [1.54, 1.807) is 0 Å². The number of ether oxygens (including phenoxy) is 1. The van der Waals surface area contributed by atoms with E-state index in [0.29, 0.717) is 13.0 Å². The van der Waals surface area contributed by atoms with Crippen molar-refractivity contribution in [3.63, 3.8) is 0 Å². The van der Waals surface area contributed by atoms with E-state index < -0.39 is 0 Å². The number of nitrogens with zero attached hydrogens (tertiary/aromatic N) is 4. The standard InChI is InChI=1S/C17H23N5O2.2ClH/c23-16(10-14-12-24-9-6-18-14)21-7-3-4-13(11-21)17-20-19-15-5-1-2-8-22(15)17;;/h1-2,5,8,13-14,18H,3-4,6-7,9-12H2;2*1H. The van der Waals surface area contributed by atoms with E-state index in [4.69, 9.17) is 4.74 Å². The molecular weight excluding hydrogens is 377 g/mol. The van der Waals surface area contributed by atoms with Crippen LogP contribution in [0.1, 0.15) is 31.0 Å². The summed E-state index contributed by atoms with van der Waals surface area (Å²) in [7, 11) is 0. The molecule has 144 valence electrons. The van der Waals surface area contributed by atoms with Gasteiger partial charge in [0.05, 0.1) is 13.2 Å². The largest absolute Gasteiger partial charge is 0.378 e. The summed E-state index contributed by atoms with van der Waals surface area (Å²) in [6.07, 6.45) is 4.55. The van der Waals surface area contributed by atoms with E-state index in [9.17, 15) is 4.79 Å². The number of amides is 1. The van der Waals surface area contributed by atoms with Crippen molar-refractivity contribution in [2.75, 3.05) is 32.8 Å². The molecule has 2 saturated heterocycles. The highest BCUT2D eigenvalue weighted by Gasteiger charge is 2.29. The molecule has 2 fully saturated rings. The normalized spacial score (nSPS) is 23.2. The number of nitrogens with one attached hydrogen (secondary N) is 1. The van der Waals surface area contributed by atoms with Gasteiger partial charge < -0.3 is 15.0 Å². The molecule has 2 atom stereocenters. The van der Waals surface area contributed by atoms with Crippen LogP contribution in [0.2, 0.25) is 0 Å². The molecule has 0 spiro atoms. The Bertz CT molecular complexity index is 720. The molecule has 1 amide bonds. The average molecular weight is 402 g/mol. The van der Waals surface area contributed by atoms with Crippen LogP contribution in [-0.4, -0.2) is 64.3 Å². The van der Waals surface area contributed by atoms with Crippen LogP contribution < -0.4 is 5.32 Å². The maximum absolute atomic E-state index is 12.6. The van der Waals surface area contributed by atoms with Crippen LogP contribution in [-0.2, 0) is 9.53 Å². The minimum atomic E-state index is 0. The first kappa shape index (κ1) is 20.9. The minimum Gasteiger partial charge on any atom is -0.378 e. The number of fused-ring (bicyclic) bond motifs is 1. The average Bonchev–Trinajstić information content (AvgIpc) is 3.07. The van der Waals surface area contributed by atoms with E-state index in [1.807, 2.05) is 33.7 Å². The quantitative estimate of drug-likeness (QED) is 0.846. The van der Waals surface area contributed by atoms with Crippen LogP contribution >= 0.6 is 24.8 Å². The Kier molecular flexibility index (Phi) is 7.64. The van der Waals surface area contributed by atoms with E-state index in [0.717, 1.165) is 50.6 Å². The van der Waals surface area contributed by atoms with Crippen LogP contribution in [0.4, 0.5) is 0 Å². The molecular formula is C17H25Cl2N5O2. The van der Waals surface area contributed by atoms with Crippen LogP contribution in [0.15, 0.2) is 24.4 Å². The summed E-state index contributed by atoms with van der Waals surface area (Å²) in [5, 5.41) is 12.0. The van der Waals surface area contributed by atoms with Crippen molar-refractivity contribution >= 4 is 36.4 Å². The number of hydrogen-bond acceptors (Lipinski definition) is 5. The highest BCUT2D eigenvalue weighted by atomic mass is 35.5. The molecule has 2 aliphatic rings. The third-order valence-electron chi connectivity index (χ3n) is 4.90. The van der Waals surface area contributed by atoms with Crippen molar-refractivity contribution in [3.8, 4) is 0 Å². The SMILES string of the molecule is Cl.Cl.O=C(CC1COCCN1)N1CCCC(c2nnc3ccccn23)C1. The molecule has 0 radical (unpaired) electrons. The molecule has 0 aliphatic carbocycles. The lowest BCUT2D eigenvalue weighted by Crippen LogP contribution is -2.47. The second kappa shape index (κ2) is 9.50. The number of carbonyl (C=O) groups is 1. The molecule has 7 nitrogen and oxygen atoms in total. The fraction of sp³-hybridized carbons (Fsp3) is 0.588. The van der Waals surface area contributed by atoms with Gasteiger partial charge in [0.25, 0.3) is 0 Å². The first-order valence-corrected chi connectivity index (χ1v) is 8.70. The van der Waals surface area contributed by atoms with Gasteiger partial charge in [0, 0.05) is 44.2 Å². The van der Waals surface area contributed by atoms with Crippen LogP contribution in [0.5, 0.6) is 0 Å². The fourth-order valence-corrected chi connectivity index (χ4v) is 3.64. The summed E-state index contributed by atoms with van der Waals surface area (Å²) in [6, 6.07) is 6.04. The zero-order valence-electron chi connectivity index (χ0n) is 14.5. The molecule has 2 aromatic heterocycles. The van der Waals surface area contributed by atoms with Crippen molar-refractivity contribution in [2.45, 2.75) is 31.2 Å². The highest BCUT2D eigenvalue weighted by molar-refractivity contribution is 5.85. The van der Waals surface area contributed by atoms with E-state index in [2.05, 4.69) is 15.5 Å².